The summed E-state index contributed by atoms with van der Waals surface area (Å²) in [7, 11) is 1.50. The van der Waals surface area contributed by atoms with Crippen molar-refractivity contribution in [2.75, 3.05) is 20.2 Å². The van der Waals surface area contributed by atoms with Crippen molar-refractivity contribution in [2.24, 2.45) is 5.73 Å². The normalized spacial score (nSPS) is 31.4. The first-order valence-electron chi connectivity index (χ1n) is 4.76. The van der Waals surface area contributed by atoms with E-state index in [4.69, 9.17) is 10.5 Å². The maximum Gasteiger partial charge on any atom is 0.234 e. The van der Waals surface area contributed by atoms with Crippen LogP contribution in [-0.2, 0) is 9.53 Å². The molecule has 1 fully saturated rings. The molecule has 3 atom stereocenters. The number of halogens is 1. The van der Waals surface area contributed by atoms with Crippen molar-refractivity contribution >= 4 is 5.91 Å². The van der Waals surface area contributed by atoms with Gasteiger partial charge in [0.05, 0.1) is 12.1 Å². The zero-order chi connectivity index (χ0) is 10.7. The van der Waals surface area contributed by atoms with Crippen molar-refractivity contribution in [1.82, 2.24) is 4.90 Å². The number of hydrogen-bond acceptors (Lipinski definition) is 3. The maximum atomic E-state index is 13.4. The topological polar surface area (TPSA) is 55.6 Å². The average molecular weight is 204 g/mol. The van der Waals surface area contributed by atoms with E-state index in [1.54, 1.807) is 11.8 Å². The van der Waals surface area contributed by atoms with E-state index in [-0.39, 0.29) is 12.6 Å². The van der Waals surface area contributed by atoms with Crippen LogP contribution in [0.4, 0.5) is 4.39 Å². The lowest BCUT2D eigenvalue weighted by atomic mass is 10.0. The molecular formula is C9H17FN2O2. The SMILES string of the molecule is COC1CCN(C(C)C(N)=O)CC1F. The number of amides is 1. The predicted octanol–water partition coefficient (Wildman–Crippen LogP) is -0.0810. The molecule has 5 heteroatoms. The van der Waals surface area contributed by atoms with Crippen LogP contribution in [0.2, 0.25) is 0 Å². The van der Waals surface area contributed by atoms with Crippen molar-refractivity contribution in [2.45, 2.75) is 31.7 Å². The number of nitrogens with zero attached hydrogens (tertiary/aromatic N) is 1. The summed E-state index contributed by atoms with van der Waals surface area (Å²) in [5, 5.41) is 0. The van der Waals surface area contributed by atoms with Crippen LogP contribution in [0.15, 0.2) is 0 Å². The fourth-order valence-corrected chi connectivity index (χ4v) is 1.70. The van der Waals surface area contributed by atoms with Gasteiger partial charge >= 0.3 is 0 Å². The van der Waals surface area contributed by atoms with Crippen molar-refractivity contribution in [3.05, 3.63) is 0 Å². The van der Waals surface area contributed by atoms with Gasteiger partial charge in [-0.1, -0.05) is 0 Å². The standard InChI is InChI=1S/C9H17FN2O2/c1-6(9(11)13)12-4-3-8(14-2)7(10)5-12/h6-8H,3-5H2,1-2H3,(H2,11,13). The summed E-state index contributed by atoms with van der Waals surface area (Å²) >= 11 is 0. The molecule has 1 rings (SSSR count). The number of nitrogens with two attached hydrogens (primary N) is 1. The molecule has 0 aromatic carbocycles. The Morgan fingerprint density at radius 3 is 2.79 bits per heavy atom. The quantitative estimate of drug-likeness (QED) is 0.699. The second-order valence-electron chi connectivity index (χ2n) is 3.65. The number of piperidine rings is 1. The maximum absolute atomic E-state index is 13.4. The Morgan fingerprint density at radius 1 is 1.71 bits per heavy atom. The first kappa shape index (κ1) is 11.4. The van der Waals surface area contributed by atoms with Gasteiger partial charge in [-0.05, 0) is 13.3 Å². The molecule has 1 saturated heterocycles. The third-order valence-electron chi connectivity index (χ3n) is 2.78. The number of methoxy groups -OCH3 is 1. The molecule has 1 aliphatic heterocycles. The molecule has 0 aromatic rings. The molecule has 1 heterocycles. The smallest absolute Gasteiger partial charge is 0.234 e. The highest BCUT2D eigenvalue weighted by Crippen LogP contribution is 2.18. The number of ether oxygens (including phenoxy) is 1. The van der Waals surface area contributed by atoms with Crippen LogP contribution in [0.3, 0.4) is 0 Å². The average Bonchev–Trinajstić information content (AvgIpc) is 2.16. The van der Waals surface area contributed by atoms with Crippen LogP contribution in [0.5, 0.6) is 0 Å². The molecule has 3 unspecified atom stereocenters. The van der Waals surface area contributed by atoms with Gasteiger partial charge < -0.3 is 10.5 Å². The molecule has 1 amide bonds. The number of hydrogen-bond donors (Lipinski definition) is 1. The highest BCUT2D eigenvalue weighted by atomic mass is 19.1. The van der Waals surface area contributed by atoms with Crippen LogP contribution in [-0.4, -0.2) is 49.3 Å². The fraction of sp³-hybridized carbons (Fsp3) is 0.889. The van der Waals surface area contributed by atoms with Crippen LogP contribution in [0, 0.1) is 0 Å². The van der Waals surface area contributed by atoms with Crippen molar-refractivity contribution < 1.29 is 13.9 Å². The Labute approximate surface area is 83.2 Å². The summed E-state index contributed by atoms with van der Waals surface area (Å²) in [6, 6.07) is -0.397. The van der Waals surface area contributed by atoms with Crippen LogP contribution >= 0.6 is 0 Å². The number of primary amides is 1. The molecule has 0 aliphatic carbocycles. The van der Waals surface area contributed by atoms with Gasteiger partial charge in [0.25, 0.3) is 0 Å². The van der Waals surface area contributed by atoms with Crippen LogP contribution in [0.1, 0.15) is 13.3 Å². The van der Waals surface area contributed by atoms with E-state index in [2.05, 4.69) is 0 Å². The van der Waals surface area contributed by atoms with Gasteiger partial charge in [-0.25, -0.2) is 4.39 Å². The Morgan fingerprint density at radius 2 is 2.36 bits per heavy atom. The zero-order valence-electron chi connectivity index (χ0n) is 8.57. The predicted molar refractivity (Wildman–Crippen MR) is 50.5 cm³/mol. The summed E-state index contributed by atoms with van der Waals surface area (Å²) in [6.07, 6.45) is -0.767. The van der Waals surface area contributed by atoms with E-state index < -0.39 is 18.1 Å². The van der Waals surface area contributed by atoms with Crippen molar-refractivity contribution in [1.29, 1.82) is 0 Å². The molecule has 0 spiro atoms. The molecule has 2 N–H and O–H groups in total. The summed E-state index contributed by atoms with van der Waals surface area (Å²) in [4.78, 5) is 12.6. The van der Waals surface area contributed by atoms with Crippen LogP contribution in [0.25, 0.3) is 0 Å². The lowest BCUT2D eigenvalue weighted by Gasteiger charge is -2.36. The summed E-state index contributed by atoms with van der Waals surface area (Å²) in [5.74, 6) is -0.409. The number of carbonyl (C=O) groups is 1. The minimum absolute atomic E-state index is 0.225. The van der Waals surface area contributed by atoms with Crippen LogP contribution < -0.4 is 5.73 Å². The molecule has 1 aliphatic rings. The van der Waals surface area contributed by atoms with Gasteiger partial charge in [0.2, 0.25) is 5.91 Å². The third kappa shape index (κ3) is 2.42. The van der Waals surface area contributed by atoms with E-state index in [1.807, 2.05) is 0 Å². The Hall–Kier alpha value is -0.680. The third-order valence-corrected chi connectivity index (χ3v) is 2.78. The minimum Gasteiger partial charge on any atom is -0.378 e. The number of carbonyl (C=O) groups excluding carboxylic acids is 1. The molecule has 0 bridgehead atoms. The molecule has 0 radical (unpaired) electrons. The largest absolute Gasteiger partial charge is 0.378 e. The Kier molecular flexibility index (Phi) is 3.83. The fourth-order valence-electron chi connectivity index (χ4n) is 1.70. The zero-order valence-corrected chi connectivity index (χ0v) is 8.57. The molecule has 82 valence electrons. The molecule has 14 heavy (non-hydrogen) atoms. The van der Waals surface area contributed by atoms with E-state index in [0.29, 0.717) is 13.0 Å². The van der Waals surface area contributed by atoms with Crippen molar-refractivity contribution in [3.63, 3.8) is 0 Å². The summed E-state index contributed by atoms with van der Waals surface area (Å²) in [6.45, 7) is 2.58. The second kappa shape index (κ2) is 4.70. The minimum atomic E-state index is -1.03. The van der Waals surface area contributed by atoms with E-state index in [9.17, 15) is 9.18 Å². The highest BCUT2D eigenvalue weighted by molar-refractivity contribution is 5.79. The first-order valence-corrected chi connectivity index (χ1v) is 4.76. The summed E-state index contributed by atoms with van der Waals surface area (Å²) in [5.41, 5.74) is 5.15. The highest BCUT2D eigenvalue weighted by Gasteiger charge is 2.32. The van der Waals surface area contributed by atoms with Crippen molar-refractivity contribution in [3.8, 4) is 0 Å². The van der Waals surface area contributed by atoms with Gasteiger partial charge in [0, 0.05) is 20.2 Å². The monoisotopic (exact) mass is 204 g/mol. The second-order valence-corrected chi connectivity index (χ2v) is 3.65. The number of likely N-dealkylation sites (tertiary alicyclic amines) is 1. The first-order chi connectivity index (χ1) is 6.56. The number of rotatable bonds is 3. The van der Waals surface area contributed by atoms with E-state index >= 15 is 0 Å². The Bertz CT molecular complexity index is 213. The van der Waals surface area contributed by atoms with Gasteiger partial charge in [0.1, 0.15) is 6.17 Å². The van der Waals surface area contributed by atoms with Gasteiger partial charge in [-0.3, -0.25) is 9.69 Å². The molecule has 0 aromatic heterocycles. The molecule has 0 saturated carbocycles. The lowest BCUT2D eigenvalue weighted by molar-refractivity contribution is -0.124. The van der Waals surface area contributed by atoms with Gasteiger partial charge in [-0.2, -0.15) is 0 Å². The summed E-state index contributed by atoms with van der Waals surface area (Å²) < 4.78 is 18.4. The lowest BCUT2D eigenvalue weighted by Crippen LogP contribution is -2.52. The molecular weight excluding hydrogens is 187 g/mol. The van der Waals surface area contributed by atoms with E-state index in [0.717, 1.165) is 0 Å². The van der Waals surface area contributed by atoms with Gasteiger partial charge in [0.15, 0.2) is 0 Å². The van der Waals surface area contributed by atoms with Gasteiger partial charge in [-0.15, -0.1) is 0 Å². The molecule has 4 nitrogen and oxygen atoms in total. The number of alkyl halides is 1. The van der Waals surface area contributed by atoms with E-state index in [1.165, 1.54) is 7.11 Å². The Balaban J connectivity index is 2.50.